The van der Waals surface area contributed by atoms with E-state index < -0.39 is 60.2 Å². The summed E-state index contributed by atoms with van der Waals surface area (Å²) in [5, 5.41) is 18.0. The molecule has 2 aromatic rings. The summed E-state index contributed by atoms with van der Waals surface area (Å²) in [4.78, 5) is 64.6. The molecule has 1 aromatic heterocycles. The topological polar surface area (TPSA) is 210 Å². The summed E-state index contributed by atoms with van der Waals surface area (Å²) in [6.45, 7) is 3.51. The Hall–Kier alpha value is -3.58. The standard InChI is InChI=1S/C24H34N6O6S/c1-3-12(2)20(24(35)36)30-22(33)17(8-13-10-27-16-7-5-4-6-14(13)16)28-23(34)18(11-37)29-21(32)15(25)9-19(26)31/h4-7,10,12,15,17-18,20,27,37H,3,8-9,11,25H2,1-2H3,(H2,26,31)(H,28,34)(H,29,32)(H,30,33)(H,35,36). The van der Waals surface area contributed by atoms with Crippen LogP contribution in [0.15, 0.2) is 30.5 Å². The van der Waals surface area contributed by atoms with Gasteiger partial charge in [0.2, 0.25) is 23.6 Å². The number of primary amides is 1. The fraction of sp³-hybridized carbons (Fsp3) is 0.458. The maximum Gasteiger partial charge on any atom is 0.326 e. The first-order valence-corrected chi connectivity index (χ1v) is 12.4. The van der Waals surface area contributed by atoms with Gasteiger partial charge in [-0.15, -0.1) is 0 Å². The summed E-state index contributed by atoms with van der Waals surface area (Å²) in [5.41, 5.74) is 12.3. The minimum absolute atomic E-state index is 0.0445. The van der Waals surface area contributed by atoms with Crippen LogP contribution >= 0.6 is 12.6 Å². The number of nitrogens with one attached hydrogen (secondary N) is 4. The number of carboxylic acids is 1. The van der Waals surface area contributed by atoms with Crippen LogP contribution in [0, 0.1) is 5.92 Å². The minimum Gasteiger partial charge on any atom is -0.480 e. The van der Waals surface area contributed by atoms with Crippen molar-refractivity contribution in [3.63, 3.8) is 0 Å². The van der Waals surface area contributed by atoms with Crippen molar-refractivity contribution in [3.8, 4) is 0 Å². The van der Waals surface area contributed by atoms with E-state index in [-0.39, 0.29) is 18.1 Å². The number of aliphatic carboxylic acids is 1. The van der Waals surface area contributed by atoms with Gasteiger partial charge >= 0.3 is 5.97 Å². The molecule has 5 atom stereocenters. The monoisotopic (exact) mass is 534 g/mol. The van der Waals surface area contributed by atoms with E-state index in [4.69, 9.17) is 11.5 Å². The molecule has 0 aliphatic carbocycles. The number of para-hydroxylation sites is 1. The van der Waals surface area contributed by atoms with Crippen molar-refractivity contribution in [1.82, 2.24) is 20.9 Å². The number of hydrogen-bond acceptors (Lipinski definition) is 7. The molecule has 0 radical (unpaired) electrons. The number of H-pyrrole nitrogens is 1. The maximum absolute atomic E-state index is 13.3. The van der Waals surface area contributed by atoms with Crippen molar-refractivity contribution < 1.29 is 29.1 Å². The highest BCUT2D eigenvalue weighted by Crippen LogP contribution is 2.19. The Morgan fingerprint density at radius 3 is 2.24 bits per heavy atom. The fourth-order valence-corrected chi connectivity index (χ4v) is 3.98. The number of carbonyl (C=O) groups excluding carboxylic acids is 4. The quantitative estimate of drug-likeness (QED) is 0.148. The molecule has 9 N–H and O–H groups in total. The Morgan fingerprint density at radius 1 is 1.03 bits per heavy atom. The van der Waals surface area contributed by atoms with Gasteiger partial charge in [-0.05, 0) is 17.5 Å². The molecular weight excluding hydrogens is 500 g/mol. The highest BCUT2D eigenvalue weighted by molar-refractivity contribution is 7.80. The van der Waals surface area contributed by atoms with Crippen molar-refractivity contribution in [3.05, 3.63) is 36.0 Å². The van der Waals surface area contributed by atoms with Gasteiger partial charge in [-0.25, -0.2) is 4.79 Å². The molecular formula is C24H34N6O6S. The number of aromatic nitrogens is 1. The third-order valence-electron chi connectivity index (χ3n) is 6.08. The van der Waals surface area contributed by atoms with Crippen LogP contribution in [-0.2, 0) is 30.4 Å². The van der Waals surface area contributed by atoms with Gasteiger partial charge in [0, 0.05) is 29.3 Å². The first kappa shape index (κ1) is 29.6. The number of rotatable bonds is 14. The molecule has 202 valence electrons. The average Bonchev–Trinajstić information content (AvgIpc) is 3.26. The van der Waals surface area contributed by atoms with E-state index in [1.165, 1.54) is 0 Å². The highest BCUT2D eigenvalue weighted by atomic mass is 32.1. The molecule has 1 heterocycles. The lowest BCUT2D eigenvalue weighted by molar-refractivity contribution is -0.143. The molecule has 4 amide bonds. The Morgan fingerprint density at radius 2 is 1.65 bits per heavy atom. The van der Waals surface area contributed by atoms with Crippen LogP contribution in [0.1, 0.15) is 32.3 Å². The Bertz CT molecular complexity index is 1140. The number of thiol groups is 1. The largest absolute Gasteiger partial charge is 0.480 e. The molecule has 5 unspecified atom stereocenters. The van der Waals surface area contributed by atoms with Gasteiger partial charge in [-0.2, -0.15) is 12.6 Å². The normalized spacial score (nSPS) is 15.1. The number of hydrogen-bond donors (Lipinski definition) is 8. The predicted octanol–water partition coefficient (Wildman–Crippen LogP) is -0.572. The van der Waals surface area contributed by atoms with E-state index in [2.05, 4.69) is 33.6 Å². The van der Waals surface area contributed by atoms with Crippen molar-refractivity contribution in [2.24, 2.45) is 17.4 Å². The van der Waals surface area contributed by atoms with E-state index in [1.54, 1.807) is 20.0 Å². The zero-order valence-corrected chi connectivity index (χ0v) is 21.6. The average molecular weight is 535 g/mol. The van der Waals surface area contributed by atoms with Gasteiger partial charge in [0.1, 0.15) is 18.1 Å². The van der Waals surface area contributed by atoms with Crippen LogP contribution in [0.5, 0.6) is 0 Å². The Labute approximate surface area is 219 Å². The van der Waals surface area contributed by atoms with Crippen LogP contribution in [0.4, 0.5) is 0 Å². The van der Waals surface area contributed by atoms with Crippen LogP contribution < -0.4 is 27.4 Å². The third kappa shape index (κ3) is 8.22. The van der Waals surface area contributed by atoms with Crippen LogP contribution in [-0.4, -0.2) is 69.6 Å². The van der Waals surface area contributed by atoms with Crippen molar-refractivity contribution in [2.75, 3.05) is 5.75 Å². The number of carboxylic acid groups (broad SMARTS) is 1. The molecule has 12 nitrogen and oxygen atoms in total. The summed E-state index contributed by atoms with van der Waals surface area (Å²) in [6, 6.07) is 2.62. The number of aromatic amines is 1. The van der Waals surface area contributed by atoms with Gasteiger partial charge in [-0.3, -0.25) is 19.2 Å². The smallest absolute Gasteiger partial charge is 0.326 e. The third-order valence-corrected chi connectivity index (χ3v) is 6.45. The molecule has 0 saturated carbocycles. The lowest BCUT2D eigenvalue weighted by Gasteiger charge is -2.26. The number of amides is 4. The van der Waals surface area contributed by atoms with Crippen LogP contribution in [0.25, 0.3) is 10.9 Å². The molecule has 37 heavy (non-hydrogen) atoms. The maximum atomic E-state index is 13.3. The summed E-state index contributed by atoms with van der Waals surface area (Å²) in [6.07, 6.45) is 1.85. The molecule has 0 aliphatic rings. The second kappa shape index (κ2) is 13.7. The van der Waals surface area contributed by atoms with Gasteiger partial charge in [-0.1, -0.05) is 38.5 Å². The Balaban J connectivity index is 2.28. The van der Waals surface area contributed by atoms with Gasteiger partial charge in [0.15, 0.2) is 0 Å². The highest BCUT2D eigenvalue weighted by Gasteiger charge is 2.32. The van der Waals surface area contributed by atoms with Crippen molar-refractivity contribution >= 4 is 53.1 Å². The second-order valence-corrected chi connectivity index (χ2v) is 9.22. The van der Waals surface area contributed by atoms with E-state index in [0.29, 0.717) is 6.42 Å². The first-order valence-electron chi connectivity index (χ1n) is 11.8. The number of nitrogens with two attached hydrogens (primary N) is 2. The van der Waals surface area contributed by atoms with E-state index in [1.807, 2.05) is 24.3 Å². The molecule has 13 heteroatoms. The number of fused-ring (bicyclic) bond motifs is 1. The van der Waals surface area contributed by atoms with Crippen LogP contribution in [0.3, 0.4) is 0 Å². The van der Waals surface area contributed by atoms with E-state index in [9.17, 15) is 29.1 Å². The molecule has 2 rings (SSSR count). The van der Waals surface area contributed by atoms with Crippen molar-refractivity contribution in [2.45, 2.75) is 57.3 Å². The molecule has 0 aliphatic heterocycles. The summed E-state index contributed by atoms with van der Waals surface area (Å²) < 4.78 is 0. The predicted molar refractivity (Wildman–Crippen MR) is 141 cm³/mol. The summed E-state index contributed by atoms with van der Waals surface area (Å²) >= 11 is 4.11. The van der Waals surface area contributed by atoms with Crippen molar-refractivity contribution in [1.29, 1.82) is 0 Å². The molecule has 0 spiro atoms. The second-order valence-electron chi connectivity index (χ2n) is 8.86. The molecule has 1 aromatic carbocycles. The zero-order valence-electron chi connectivity index (χ0n) is 20.7. The summed E-state index contributed by atoms with van der Waals surface area (Å²) in [7, 11) is 0. The zero-order chi connectivity index (χ0) is 27.7. The SMILES string of the molecule is CCC(C)C(NC(=O)C(Cc1c[nH]c2ccccc12)NC(=O)C(CS)NC(=O)C(N)CC(N)=O)C(=O)O. The number of benzene rings is 1. The molecule has 0 fully saturated rings. The summed E-state index contributed by atoms with van der Waals surface area (Å²) in [5.74, 6) is -4.67. The minimum atomic E-state index is -1.26. The van der Waals surface area contributed by atoms with E-state index >= 15 is 0 Å². The molecule has 0 saturated heterocycles. The first-order chi connectivity index (χ1) is 17.5. The Kier molecular flexibility index (Phi) is 10.9. The van der Waals surface area contributed by atoms with Gasteiger partial charge in [0.05, 0.1) is 12.5 Å². The lowest BCUT2D eigenvalue weighted by Crippen LogP contribution is -2.58. The fourth-order valence-electron chi connectivity index (χ4n) is 3.72. The van der Waals surface area contributed by atoms with Gasteiger partial charge < -0.3 is 37.5 Å². The van der Waals surface area contributed by atoms with E-state index in [0.717, 1.165) is 16.5 Å². The molecule has 0 bridgehead atoms. The number of carbonyl (C=O) groups is 5. The van der Waals surface area contributed by atoms with Crippen LogP contribution in [0.2, 0.25) is 0 Å². The van der Waals surface area contributed by atoms with Gasteiger partial charge in [0.25, 0.3) is 0 Å². The lowest BCUT2D eigenvalue weighted by atomic mass is 9.98.